The van der Waals surface area contributed by atoms with Crippen LogP contribution in [0.25, 0.3) is 0 Å². The number of rotatable bonds is 18. The molecule has 0 spiro atoms. The van der Waals surface area contributed by atoms with Crippen LogP contribution in [0.3, 0.4) is 0 Å². The van der Waals surface area contributed by atoms with Crippen molar-refractivity contribution in [3.8, 4) is 0 Å². The third-order valence-electron chi connectivity index (χ3n) is 3.68. The normalized spacial score (nSPS) is 10.8. The number of nitrogens with one attached hydrogen (secondary N) is 1. The largest absolute Gasteiger partial charge is 0.381 e. The van der Waals surface area contributed by atoms with E-state index in [2.05, 4.69) is 19.2 Å². The summed E-state index contributed by atoms with van der Waals surface area (Å²) < 4.78 is 11.1. The third-order valence-corrected chi connectivity index (χ3v) is 3.68. The van der Waals surface area contributed by atoms with Gasteiger partial charge in [0.15, 0.2) is 0 Å². The lowest BCUT2D eigenvalue weighted by molar-refractivity contribution is 0.0904. The Hall–Kier alpha value is -0.160. The van der Waals surface area contributed by atoms with Crippen molar-refractivity contribution in [1.82, 2.24) is 5.32 Å². The molecule has 0 bridgehead atoms. The monoisotopic (exact) mass is 350 g/mol. The Labute approximate surface area is 155 Å². The third kappa shape index (κ3) is 26.7. The van der Waals surface area contributed by atoms with E-state index in [0.717, 1.165) is 58.1 Å². The summed E-state index contributed by atoms with van der Waals surface area (Å²) >= 11 is 0. The minimum absolute atomic E-state index is 0. The van der Waals surface area contributed by atoms with Crippen molar-refractivity contribution in [2.45, 2.75) is 85.5 Å². The standard InChI is InChI=1S/C18H40N2O2.C2H6.2H2/c1-18(2)11-16-21-14-9-10-15-22-17-20-13-8-6-4-3-5-7-12-19;1-2;;/h18,20H,3-17,19H2,1-2H3;1-2H3;2*1H. The molecular weight excluding hydrogens is 300 g/mol. The summed E-state index contributed by atoms with van der Waals surface area (Å²) in [5, 5.41) is 3.34. The fraction of sp³-hybridized carbons (Fsp3) is 1.00. The highest BCUT2D eigenvalue weighted by atomic mass is 16.5. The molecule has 0 aliphatic rings. The van der Waals surface area contributed by atoms with Crippen LogP contribution in [-0.4, -0.2) is 39.6 Å². The SMILES string of the molecule is CC.CC(C)CCOCCCCOCNCCCCCCCCN.[HH].[HH]. The lowest BCUT2D eigenvalue weighted by Crippen LogP contribution is -2.19. The van der Waals surface area contributed by atoms with Gasteiger partial charge >= 0.3 is 0 Å². The first-order valence-electron chi connectivity index (χ1n) is 10.3. The highest BCUT2D eigenvalue weighted by Crippen LogP contribution is 2.04. The molecule has 0 unspecified atom stereocenters. The van der Waals surface area contributed by atoms with Gasteiger partial charge in [0.05, 0.1) is 6.73 Å². The molecule has 0 saturated heterocycles. The molecule has 0 aliphatic carbocycles. The lowest BCUT2D eigenvalue weighted by atomic mass is 10.1. The van der Waals surface area contributed by atoms with Gasteiger partial charge in [-0.05, 0) is 51.1 Å². The fourth-order valence-corrected chi connectivity index (χ4v) is 2.15. The minimum Gasteiger partial charge on any atom is -0.381 e. The molecule has 0 aromatic carbocycles. The summed E-state index contributed by atoms with van der Waals surface area (Å²) in [6.45, 7) is 13.6. The zero-order valence-electron chi connectivity index (χ0n) is 17.1. The van der Waals surface area contributed by atoms with Gasteiger partial charge in [-0.2, -0.15) is 0 Å². The van der Waals surface area contributed by atoms with E-state index in [9.17, 15) is 0 Å². The van der Waals surface area contributed by atoms with Gasteiger partial charge in [-0.15, -0.1) is 0 Å². The van der Waals surface area contributed by atoms with Crippen LogP contribution in [0, 0.1) is 5.92 Å². The van der Waals surface area contributed by atoms with E-state index < -0.39 is 0 Å². The Morgan fingerprint density at radius 2 is 1.38 bits per heavy atom. The molecule has 4 nitrogen and oxygen atoms in total. The number of nitrogens with two attached hydrogens (primary N) is 1. The Morgan fingerprint density at radius 1 is 0.792 bits per heavy atom. The molecule has 0 aromatic rings. The van der Waals surface area contributed by atoms with E-state index >= 15 is 0 Å². The van der Waals surface area contributed by atoms with Crippen molar-refractivity contribution in [3.63, 3.8) is 0 Å². The van der Waals surface area contributed by atoms with Gasteiger partial charge in [0, 0.05) is 22.7 Å². The van der Waals surface area contributed by atoms with Crippen LogP contribution in [0.15, 0.2) is 0 Å². The molecule has 0 atom stereocenters. The van der Waals surface area contributed by atoms with Crippen LogP contribution < -0.4 is 11.1 Å². The molecule has 4 heteroatoms. The highest BCUT2D eigenvalue weighted by Gasteiger charge is 1.95. The molecule has 0 rings (SSSR count). The Bertz CT molecular complexity index is 212. The molecule has 24 heavy (non-hydrogen) atoms. The summed E-state index contributed by atoms with van der Waals surface area (Å²) in [7, 11) is 0. The predicted octanol–water partition coefficient (Wildman–Crippen LogP) is 5.21. The first-order valence-corrected chi connectivity index (χ1v) is 10.3. The van der Waals surface area contributed by atoms with E-state index in [1.54, 1.807) is 0 Å². The molecule has 0 saturated carbocycles. The van der Waals surface area contributed by atoms with Crippen LogP contribution in [-0.2, 0) is 9.47 Å². The fourth-order valence-electron chi connectivity index (χ4n) is 2.15. The molecule has 0 amide bonds. The summed E-state index contributed by atoms with van der Waals surface area (Å²) in [4.78, 5) is 0. The molecule has 0 radical (unpaired) electrons. The molecular formula is C20H50N2O2. The van der Waals surface area contributed by atoms with Crippen LogP contribution in [0.2, 0.25) is 0 Å². The van der Waals surface area contributed by atoms with E-state index in [0.29, 0.717) is 6.73 Å². The highest BCUT2D eigenvalue weighted by molar-refractivity contribution is 4.48. The van der Waals surface area contributed by atoms with E-state index in [1.807, 2.05) is 13.8 Å². The van der Waals surface area contributed by atoms with Crippen LogP contribution in [0.4, 0.5) is 0 Å². The van der Waals surface area contributed by atoms with Gasteiger partial charge in [0.25, 0.3) is 0 Å². The summed E-state index contributed by atoms with van der Waals surface area (Å²) in [6.07, 6.45) is 11.0. The Balaban J connectivity index is -0.000000582. The minimum atomic E-state index is 0. The summed E-state index contributed by atoms with van der Waals surface area (Å²) in [5.41, 5.74) is 5.47. The van der Waals surface area contributed by atoms with Crippen LogP contribution in [0.1, 0.15) is 88.3 Å². The maximum absolute atomic E-state index is 5.57. The number of unbranched alkanes of at least 4 members (excludes halogenated alkanes) is 6. The van der Waals surface area contributed by atoms with Gasteiger partial charge in [0.2, 0.25) is 0 Å². The maximum atomic E-state index is 5.57. The molecule has 3 N–H and O–H groups in total. The molecule has 0 aliphatic heterocycles. The maximum Gasteiger partial charge on any atom is 0.0965 e. The second kappa shape index (κ2) is 25.1. The van der Waals surface area contributed by atoms with Crippen molar-refractivity contribution in [2.24, 2.45) is 11.7 Å². The Kier molecular flexibility index (Phi) is 27.3. The van der Waals surface area contributed by atoms with Gasteiger partial charge < -0.3 is 15.2 Å². The first kappa shape index (κ1) is 26.1. The average Bonchev–Trinajstić information content (AvgIpc) is 2.59. The van der Waals surface area contributed by atoms with E-state index in [4.69, 9.17) is 15.2 Å². The van der Waals surface area contributed by atoms with Gasteiger partial charge in [-0.25, -0.2) is 0 Å². The van der Waals surface area contributed by atoms with Crippen molar-refractivity contribution < 1.29 is 12.3 Å². The second-order valence-electron chi connectivity index (χ2n) is 6.46. The van der Waals surface area contributed by atoms with E-state index in [-0.39, 0.29) is 2.85 Å². The number of hydrogen-bond acceptors (Lipinski definition) is 4. The smallest absolute Gasteiger partial charge is 0.0965 e. The van der Waals surface area contributed by atoms with Crippen LogP contribution >= 0.6 is 0 Å². The Morgan fingerprint density at radius 3 is 2.00 bits per heavy atom. The first-order chi connectivity index (χ1) is 11.8. The second-order valence-corrected chi connectivity index (χ2v) is 6.46. The van der Waals surface area contributed by atoms with Crippen molar-refractivity contribution >= 4 is 0 Å². The molecule has 0 heterocycles. The van der Waals surface area contributed by atoms with Crippen LogP contribution in [0.5, 0.6) is 0 Å². The number of ether oxygens (including phenoxy) is 2. The number of hydrogen-bond donors (Lipinski definition) is 2. The van der Waals surface area contributed by atoms with Gasteiger partial charge in [-0.3, -0.25) is 5.32 Å². The van der Waals surface area contributed by atoms with Crippen molar-refractivity contribution in [1.29, 1.82) is 0 Å². The zero-order chi connectivity index (χ0) is 18.3. The summed E-state index contributed by atoms with van der Waals surface area (Å²) in [5.74, 6) is 0.736. The molecule has 0 aromatic heterocycles. The lowest BCUT2D eigenvalue weighted by Gasteiger charge is -2.08. The van der Waals surface area contributed by atoms with E-state index in [1.165, 1.54) is 38.5 Å². The molecule has 152 valence electrons. The average molecular weight is 351 g/mol. The van der Waals surface area contributed by atoms with Crippen molar-refractivity contribution in [3.05, 3.63) is 0 Å². The zero-order valence-corrected chi connectivity index (χ0v) is 17.1. The van der Waals surface area contributed by atoms with Gasteiger partial charge in [0.1, 0.15) is 0 Å². The predicted molar refractivity (Wildman–Crippen MR) is 111 cm³/mol. The molecule has 0 fully saturated rings. The topological polar surface area (TPSA) is 56.5 Å². The van der Waals surface area contributed by atoms with Gasteiger partial charge in [-0.1, -0.05) is 53.4 Å². The summed E-state index contributed by atoms with van der Waals surface area (Å²) in [6, 6.07) is 0. The van der Waals surface area contributed by atoms with Crippen molar-refractivity contribution in [2.75, 3.05) is 39.6 Å². The quantitative estimate of drug-likeness (QED) is 0.263.